The predicted octanol–water partition coefficient (Wildman–Crippen LogP) is 2.16. The van der Waals surface area contributed by atoms with Crippen molar-refractivity contribution >= 4 is 5.82 Å². The van der Waals surface area contributed by atoms with Gasteiger partial charge in [-0.3, -0.25) is 0 Å². The predicted molar refractivity (Wildman–Crippen MR) is 75.0 cm³/mol. The summed E-state index contributed by atoms with van der Waals surface area (Å²) in [6.07, 6.45) is 2.11. The van der Waals surface area contributed by atoms with Gasteiger partial charge >= 0.3 is 0 Å². The molecule has 1 aromatic heterocycles. The Bertz CT molecular complexity index is 632. The number of anilines is 1. The van der Waals surface area contributed by atoms with Gasteiger partial charge in [-0.2, -0.15) is 0 Å². The summed E-state index contributed by atoms with van der Waals surface area (Å²) >= 11 is 0. The molecule has 0 unspecified atom stereocenters. The quantitative estimate of drug-likeness (QED) is 0.911. The Balaban J connectivity index is 1.92. The molecule has 1 atom stereocenters. The molecule has 0 radical (unpaired) electrons. The molecule has 0 spiro atoms. The molecule has 1 fully saturated rings. The van der Waals surface area contributed by atoms with Crippen LogP contribution in [0.25, 0.3) is 11.4 Å². The second-order valence-corrected chi connectivity index (χ2v) is 5.09. The fourth-order valence-corrected chi connectivity index (χ4v) is 2.35. The summed E-state index contributed by atoms with van der Waals surface area (Å²) in [5.74, 6) is 1.02. The van der Waals surface area contributed by atoms with Crippen LogP contribution in [0, 0.1) is 12.7 Å². The second-order valence-electron chi connectivity index (χ2n) is 5.09. The Morgan fingerprint density at radius 3 is 2.90 bits per heavy atom. The molecule has 0 saturated carbocycles. The van der Waals surface area contributed by atoms with Crippen LogP contribution < -0.4 is 4.90 Å². The van der Waals surface area contributed by atoms with Crippen molar-refractivity contribution in [1.29, 1.82) is 0 Å². The summed E-state index contributed by atoms with van der Waals surface area (Å²) < 4.78 is 13.6. The van der Waals surface area contributed by atoms with Crippen LogP contribution in [-0.2, 0) is 0 Å². The lowest BCUT2D eigenvalue weighted by Crippen LogP contribution is -2.22. The van der Waals surface area contributed by atoms with Crippen LogP contribution >= 0.6 is 0 Å². The minimum atomic E-state index is -0.301. The standard InChI is InChI=1S/C15H16FN3O/c1-10-2-3-11(8-13(10)16)15-17-6-4-14(18-15)19-7-5-12(20)9-19/h2-4,6,8,12,20H,5,7,9H2,1H3/t12-/m1/s1. The molecule has 2 aromatic rings. The summed E-state index contributed by atoms with van der Waals surface area (Å²) in [4.78, 5) is 10.7. The van der Waals surface area contributed by atoms with Crippen molar-refractivity contribution in [2.24, 2.45) is 0 Å². The molecule has 104 valence electrons. The molecule has 2 heterocycles. The molecule has 0 bridgehead atoms. The molecule has 1 aromatic carbocycles. The summed E-state index contributed by atoms with van der Waals surface area (Å²) in [6, 6.07) is 6.80. The Hall–Kier alpha value is -2.01. The van der Waals surface area contributed by atoms with E-state index in [9.17, 15) is 9.50 Å². The zero-order chi connectivity index (χ0) is 14.1. The number of nitrogens with zero attached hydrogens (tertiary/aromatic N) is 3. The summed E-state index contributed by atoms with van der Waals surface area (Å²) in [7, 11) is 0. The van der Waals surface area contributed by atoms with Crippen LogP contribution in [0.2, 0.25) is 0 Å². The van der Waals surface area contributed by atoms with Crippen molar-refractivity contribution in [3.63, 3.8) is 0 Å². The third-order valence-electron chi connectivity index (χ3n) is 3.56. The molecule has 1 aliphatic heterocycles. The molecule has 1 aliphatic rings. The van der Waals surface area contributed by atoms with Crippen LogP contribution in [0.5, 0.6) is 0 Å². The third-order valence-corrected chi connectivity index (χ3v) is 3.56. The van der Waals surface area contributed by atoms with E-state index in [-0.39, 0.29) is 11.9 Å². The first-order chi connectivity index (χ1) is 9.63. The van der Waals surface area contributed by atoms with Gasteiger partial charge in [0.2, 0.25) is 0 Å². The number of aliphatic hydroxyl groups excluding tert-OH is 1. The molecule has 4 nitrogen and oxygen atoms in total. The molecular formula is C15H16FN3O. The van der Waals surface area contributed by atoms with E-state index in [1.54, 1.807) is 19.2 Å². The van der Waals surface area contributed by atoms with Crippen molar-refractivity contribution in [3.05, 3.63) is 41.8 Å². The fourth-order valence-electron chi connectivity index (χ4n) is 2.35. The number of hydrogen-bond acceptors (Lipinski definition) is 4. The Labute approximate surface area is 116 Å². The van der Waals surface area contributed by atoms with E-state index in [1.165, 1.54) is 6.07 Å². The van der Waals surface area contributed by atoms with E-state index in [4.69, 9.17) is 0 Å². The number of halogens is 1. The van der Waals surface area contributed by atoms with Gasteiger partial charge in [0.25, 0.3) is 0 Å². The maximum absolute atomic E-state index is 13.6. The molecule has 20 heavy (non-hydrogen) atoms. The zero-order valence-corrected chi connectivity index (χ0v) is 11.3. The highest BCUT2D eigenvalue weighted by Gasteiger charge is 2.21. The lowest BCUT2D eigenvalue weighted by Gasteiger charge is -2.16. The van der Waals surface area contributed by atoms with Crippen LogP contribution in [-0.4, -0.2) is 34.3 Å². The molecule has 5 heteroatoms. The number of aliphatic hydroxyl groups is 1. The minimum Gasteiger partial charge on any atom is -0.391 e. The number of benzene rings is 1. The first-order valence-electron chi connectivity index (χ1n) is 6.66. The van der Waals surface area contributed by atoms with Crippen molar-refractivity contribution in [3.8, 4) is 11.4 Å². The van der Waals surface area contributed by atoms with Crippen LogP contribution in [0.15, 0.2) is 30.5 Å². The van der Waals surface area contributed by atoms with Crippen molar-refractivity contribution in [1.82, 2.24) is 9.97 Å². The highest BCUT2D eigenvalue weighted by Crippen LogP contribution is 2.22. The highest BCUT2D eigenvalue weighted by molar-refractivity contribution is 5.58. The van der Waals surface area contributed by atoms with E-state index >= 15 is 0 Å². The third kappa shape index (κ3) is 2.49. The van der Waals surface area contributed by atoms with Crippen molar-refractivity contribution < 1.29 is 9.50 Å². The second kappa shape index (κ2) is 5.17. The van der Waals surface area contributed by atoms with Crippen LogP contribution in [0.4, 0.5) is 10.2 Å². The largest absolute Gasteiger partial charge is 0.391 e. The van der Waals surface area contributed by atoms with Crippen molar-refractivity contribution in [2.75, 3.05) is 18.0 Å². The first-order valence-corrected chi connectivity index (χ1v) is 6.66. The van der Waals surface area contributed by atoms with E-state index < -0.39 is 0 Å². The Morgan fingerprint density at radius 2 is 2.20 bits per heavy atom. The number of rotatable bonds is 2. The van der Waals surface area contributed by atoms with Gasteiger partial charge < -0.3 is 10.0 Å². The summed E-state index contributed by atoms with van der Waals surface area (Å²) in [6.45, 7) is 3.08. The molecule has 3 rings (SSSR count). The smallest absolute Gasteiger partial charge is 0.161 e. The van der Waals surface area contributed by atoms with Gasteiger partial charge in [0.05, 0.1) is 6.10 Å². The number of aromatic nitrogens is 2. The fraction of sp³-hybridized carbons (Fsp3) is 0.333. The van der Waals surface area contributed by atoms with Gasteiger partial charge in [0, 0.05) is 24.8 Å². The number of β-amino-alcohol motifs (C(OH)–C–C–N with tert-alkyl or cyclic N) is 1. The van der Waals surface area contributed by atoms with Crippen molar-refractivity contribution in [2.45, 2.75) is 19.4 Å². The first kappa shape index (κ1) is 13.0. The normalized spacial score (nSPS) is 18.6. The summed E-state index contributed by atoms with van der Waals surface area (Å²) in [5, 5.41) is 9.58. The summed E-state index contributed by atoms with van der Waals surface area (Å²) in [5.41, 5.74) is 1.27. The lowest BCUT2D eigenvalue weighted by atomic mass is 10.1. The Morgan fingerprint density at radius 1 is 1.35 bits per heavy atom. The maximum Gasteiger partial charge on any atom is 0.161 e. The Kier molecular flexibility index (Phi) is 3.36. The average Bonchev–Trinajstić information content (AvgIpc) is 2.89. The topological polar surface area (TPSA) is 49.2 Å². The maximum atomic E-state index is 13.6. The van der Waals surface area contributed by atoms with Gasteiger partial charge in [0.15, 0.2) is 5.82 Å². The molecule has 0 amide bonds. The van der Waals surface area contributed by atoms with Crippen LogP contribution in [0.3, 0.4) is 0 Å². The minimum absolute atomic E-state index is 0.256. The molecule has 1 saturated heterocycles. The van der Waals surface area contributed by atoms with E-state index in [1.807, 2.05) is 17.0 Å². The van der Waals surface area contributed by atoms with Gasteiger partial charge in [0.1, 0.15) is 11.6 Å². The van der Waals surface area contributed by atoms with Gasteiger partial charge in [-0.15, -0.1) is 0 Å². The molecule has 0 aliphatic carbocycles. The zero-order valence-electron chi connectivity index (χ0n) is 11.3. The number of aryl methyl sites for hydroxylation is 1. The van der Waals surface area contributed by atoms with Gasteiger partial charge in [-0.1, -0.05) is 12.1 Å². The van der Waals surface area contributed by atoms with Gasteiger partial charge in [-0.05, 0) is 31.0 Å². The average molecular weight is 273 g/mol. The lowest BCUT2D eigenvalue weighted by molar-refractivity contribution is 0.198. The van der Waals surface area contributed by atoms with E-state index in [2.05, 4.69) is 9.97 Å². The molecule has 1 N–H and O–H groups in total. The number of hydrogen-bond donors (Lipinski definition) is 1. The SMILES string of the molecule is Cc1ccc(-c2nccc(N3CC[C@@H](O)C3)n2)cc1F. The monoisotopic (exact) mass is 273 g/mol. The van der Waals surface area contributed by atoms with E-state index in [0.717, 1.165) is 18.8 Å². The van der Waals surface area contributed by atoms with Crippen LogP contribution in [0.1, 0.15) is 12.0 Å². The van der Waals surface area contributed by atoms with Gasteiger partial charge in [-0.25, -0.2) is 14.4 Å². The highest BCUT2D eigenvalue weighted by atomic mass is 19.1. The molecular weight excluding hydrogens is 257 g/mol. The van der Waals surface area contributed by atoms with E-state index in [0.29, 0.717) is 23.5 Å².